The van der Waals surface area contributed by atoms with E-state index in [2.05, 4.69) is 11.8 Å². The number of hydrogen-bond donors (Lipinski definition) is 0. The summed E-state index contributed by atoms with van der Waals surface area (Å²) in [5.41, 5.74) is 0. The standard InChI is InChI=1S/C22H41N/c1-2-3-18-23-21-16-12-8-4-6-10-14-19(21)20-15-11-7-5-9-13-17-22(20)23/h19-22H,2-18H2,1H3. The summed E-state index contributed by atoms with van der Waals surface area (Å²) in [6.07, 6.45) is 24.0. The molecule has 3 aliphatic rings. The van der Waals surface area contributed by atoms with Crippen LogP contribution < -0.4 is 0 Å². The Morgan fingerprint density at radius 2 is 1.04 bits per heavy atom. The minimum atomic E-state index is 0.953. The van der Waals surface area contributed by atoms with E-state index in [1.165, 1.54) is 96.4 Å². The Hall–Kier alpha value is -0.0400. The molecule has 0 aromatic rings. The minimum absolute atomic E-state index is 0.953. The van der Waals surface area contributed by atoms with E-state index in [0.717, 1.165) is 23.9 Å². The van der Waals surface area contributed by atoms with Gasteiger partial charge in [0.1, 0.15) is 0 Å². The summed E-state index contributed by atoms with van der Waals surface area (Å²) in [6, 6.07) is 1.91. The van der Waals surface area contributed by atoms with Crippen LogP contribution in [0.5, 0.6) is 0 Å². The molecule has 4 unspecified atom stereocenters. The first-order valence-electron chi connectivity index (χ1n) is 11.2. The topological polar surface area (TPSA) is 3.24 Å². The molecule has 3 rings (SSSR count). The van der Waals surface area contributed by atoms with Crippen LogP contribution in [0.4, 0.5) is 0 Å². The van der Waals surface area contributed by atoms with E-state index in [1.54, 1.807) is 12.8 Å². The number of nitrogens with zero attached hydrogens (tertiary/aromatic N) is 1. The van der Waals surface area contributed by atoms with Crippen molar-refractivity contribution in [2.24, 2.45) is 11.8 Å². The maximum Gasteiger partial charge on any atom is 0.0130 e. The molecule has 0 N–H and O–H groups in total. The molecule has 0 aromatic carbocycles. The van der Waals surface area contributed by atoms with Crippen LogP contribution in [-0.2, 0) is 0 Å². The second-order valence-electron chi connectivity index (χ2n) is 8.74. The van der Waals surface area contributed by atoms with Crippen LogP contribution in [0.2, 0.25) is 0 Å². The third kappa shape index (κ3) is 4.53. The van der Waals surface area contributed by atoms with Crippen molar-refractivity contribution in [2.75, 3.05) is 6.54 Å². The highest BCUT2D eigenvalue weighted by Crippen LogP contribution is 2.46. The van der Waals surface area contributed by atoms with Crippen molar-refractivity contribution in [3.05, 3.63) is 0 Å². The second-order valence-corrected chi connectivity index (χ2v) is 8.74. The van der Waals surface area contributed by atoms with Crippen LogP contribution >= 0.6 is 0 Å². The van der Waals surface area contributed by atoms with E-state index in [-0.39, 0.29) is 0 Å². The second kappa shape index (κ2) is 9.44. The van der Waals surface area contributed by atoms with Crippen LogP contribution in [0.15, 0.2) is 0 Å². The molecule has 1 heterocycles. The highest BCUT2D eigenvalue weighted by atomic mass is 15.2. The van der Waals surface area contributed by atoms with E-state index in [0.29, 0.717) is 0 Å². The Morgan fingerprint density at radius 1 is 0.609 bits per heavy atom. The van der Waals surface area contributed by atoms with Gasteiger partial charge in [-0.05, 0) is 50.5 Å². The Bertz CT molecular complexity index is 276. The molecule has 0 aromatic heterocycles. The molecule has 0 radical (unpaired) electrons. The molecule has 3 fully saturated rings. The Labute approximate surface area is 145 Å². The molecule has 134 valence electrons. The molecule has 0 amide bonds. The van der Waals surface area contributed by atoms with E-state index in [4.69, 9.17) is 0 Å². The van der Waals surface area contributed by atoms with E-state index in [1.807, 2.05) is 0 Å². The number of hydrogen-bond acceptors (Lipinski definition) is 1. The van der Waals surface area contributed by atoms with Crippen molar-refractivity contribution in [3.63, 3.8) is 0 Å². The summed E-state index contributed by atoms with van der Waals surface area (Å²) in [5.74, 6) is 2.10. The Morgan fingerprint density at radius 3 is 1.52 bits per heavy atom. The smallest absolute Gasteiger partial charge is 0.0130 e. The quantitative estimate of drug-likeness (QED) is 0.569. The lowest BCUT2D eigenvalue weighted by Crippen LogP contribution is -2.39. The van der Waals surface area contributed by atoms with Gasteiger partial charge in [-0.3, -0.25) is 4.90 Å². The van der Waals surface area contributed by atoms with Crippen LogP contribution in [0.3, 0.4) is 0 Å². The zero-order chi connectivity index (χ0) is 15.9. The normalized spacial score (nSPS) is 37.4. The molecule has 1 saturated heterocycles. The van der Waals surface area contributed by atoms with Gasteiger partial charge in [-0.1, -0.05) is 77.6 Å². The zero-order valence-electron chi connectivity index (χ0n) is 15.8. The molecule has 23 heavy (non-hydrogen) atoms. The molecule has 2 aliphatic carbocycles. The van der Waals surface area contributed by atoms with E-state index < -0.39 is 0 Å². The summed E-state index contributed by atoms with van der Waals surface area (Å²) in [6.45, 7) is 3.77. The fourth-order valence-electron chi connectivity index (χ4n) is 6.08. The minimum Gasteiger partial charge on any atom is -0.297 e. The lowest BCUT2D eigenvalue weighted by Gasteiger charge is -2.32. The van der Waals surface area contributed by atoms with Gasteiger partial charge in [0.25, 0.3) is 0 Å². The maximum absolute atomic E-state index is 3.06. The van der Waals surface area contributed by atoms with Gasteiger partial charge in [-0.25, -0.2) is 0 Å². The van der Waals surface area contributed by atoms with Gasteiger partial charge >= 0.3 is 0 Å². The van der Waals surface area contributed by atoms with Gasteiger partial charge in [0.05, 0.1) is 0 Å². The third-order valence-electron chi connectivity index (χ3n) is 7.23. The van der Waals surface area contributed by atoms with Crippen molar-refractivity contribution < 1.29 is 0 Å². The summed E-state index contributed by atoms with van der Waals surface area (Å²) in [7, 11) is 0. The van der Waals surface area contributed by atoms with Crippen LogP contribution in [-0.4, -0.2) is 23.5 Å². The highest BCUT2D eigenvalue weighted by molar-refractivity contribution is 5.00. The van der Waals surface area contributed by atoms with Crippen molar-refractivity contribution in [1.82, 2.24) is 4.90 Å². The van der Waals surface area contributed by atoms with Crippen LogP contribution in [0.25, 0.3) is 0 Å². The molecule has 1 aliphatic heterocycles. The highest BCUT2D eigenvalue weighted by Gasteiger charge is 2.46. The molecular formula is C22H41N. The summed E-state index contributed by atoms with van der Waals surface area (Å²) in [5, 5.41) is 0. The van der Waals surface area contributed by atoms with E-state index >= 15 is 0 Å². The van der Waals surface area contributed by atoms with Crippen molar-refractivity contribution in [2.45, 2.75) is 122 Å². The summed E-state index contributed by atoms with van der Waals surface area (Å²) in [4.78, 5) is 3.06. The van der Waals surface area contributed by atoms with Gasteiger partial charge in [-0.15, -0.1) is 0 Å². The Balaban J connectivity index is 1.78. The van der Waals surface area contributed by atoms with Crippen molar-refractivity contribution >= 4 is 0 Å². The van der Waals surface area contributed by atoms with Gasteiger partial charge in [-0.2, -0.15) is 0 Å². The number of likely N-dealkylation sites (tertiary alicyclic amines) is 1. The van der Waals surface area contributed by atoms with Crippen molar-refractivity contribution in [3.8, 4) is 0 Å². The fourth-order valence-corrected chi connectivity index (χ4v) is 6.08. The van der Waals surface area contributed by atoms with Gasteiger partial charge in [0.2, 0.25) is 0 Å². The van der Waals surface area contributed by atoms with E-state index in [9.17, 15) is 0 Å². The molecular weight excluding hydrogens is 278 g/mol. The first-order chi connectivity index (χ1) is 11.4. The first-order valence-corrected chi connectivity index (χ1v) is 11.2. The average molecular weight is 320 g/mol. The molecule has 1 heteroatoms. The SMILES string of the molecule is CCCCN1C2CCCCCCCC2C2CCCCCCCC21. The molecule has 2 saturated carbocycles. The number of unbranched alkanes of at least 4 members (excludes halogenated alkanes) is 1. The predicted molar refractivity (Wildman–Crippen MR) is 101 cm³/mol. The third-order valence-corrected chi connectivity index (χ3v) is 7.23. The number of fused-ring (bicyclic) bond motifs is 3. The number of rotatable bonds is 3. The van der Waals surface area contributed by atoms with Crippen LogP contribution in [0.1, 0.15) is 110 Å². The molecule has 0 bridgehead atoms. The zero-order valence-corrected chi connectivity index (χ0v) is 15.8. The van der Waals surface area contributed by atoms with Gasteiger partial charge in [0.15, 0.2) is 0 Å². The summed E-state index contributed by atoms with van der Waals surface area (Å²) >= 11 is 0. The summed E-state index contributed by atoms with van der Waals surface area (Å²) < 4.78 is 0. The van der Waals surface area contributed by atoms with Gasteiger partial charge in [0, 0.05) is 12.1 Å². The average Bonchev–Trinajstić information content (AvgIpc) is 2.93. The molecule has 4 atom stereocenters. The van der Waals surface area contributed by atoms with Crippen LogP contribution in [0, 0.1) is 11.8 Å². The maximum atomic E-state index is 3.06. The van der Waals surface area contributed by atoms with Gasteiger partial charge < -0.3 is 0 Å². The predicted octanol–water partition coefficient (Wildman–Crippen LogP) is 6.56. The lowest BCUT2D eigenvalue weighted by molar-refractivity contribution is 0.152. The molecule has 1 nitrogen and oxygen atoms in total. The largest absolute Gasteiger partial charge is 0.297 e. The Kier molecular flexibility index (Phi) is 7.30. The lowest BCUT2D eigenvalue weighted by atomic mass is 9.79. The monoisotopic (exact) mass is 319 g/mol. The first kappa shape index (κ1) is 17.8. The van der Waals surface area contributed by atoms with Crippen molar-refractivity contribution in [1.29, 1.82) is 0 Å². The molecule has 0 spiro atoms. The fraction of sp³-hybridized carbons (Fsp3) is 1.00.